The third-order valence-electron chi connectivity index (χ3n) is 2.27. The van der Waals surface area contributed by atoms with Crippen molar-refractivity contribution in [2.24, 2.45) is 5.14 Å². The van der Waals surface area contributed by atoms with Crippen molar-refractivity contribution in [2.75, 3.05) is 18.5 Å². The summed E-state index contributed by atoms with van der Waals surface area (Å²) >= 11 is 0. The fourth-order valence-electron chi connectivity index (χ4n) is 1.16. The lowest BCUT2D eigenvalue weighted by Gasteiger charge is -2.21. The molecule has 1 unspecified atom stereocenters. The summed E-state index contributed by atoms with van der Waals surface area (Å²) in [5, 5.41) is 25.7. The molecule has 0 aromatic heterocycles. The molecular weight excluding hydrogens is 263 g/mol. The molecule has 8 heteroatoms. The largest absolute Gasteiger partial charge is 0.393 e. The van der Waals surface area contributed by atoms with Gasteiger partial charge in [-0.05, 0) is 25.1 Å². The Labute approximate surface area is 104 Å². The van der Waals surface area contributed by atoms with E-state index in [0.717, 1.165) is 12.1 Å². The zero-order valence-corrected chi connectivity index (χ0v) is 10.5. The Morgan fingerprint density at radius 1 is 1.50 bits per heavy atom. The van der Waals surface area contributed by atoms with Crippen molar-refractivity contribution in [1.82, 2.24) is 0 Å². The van der Waals surface area contributed by atoms with Gasteiger partial charge >= 0.3 is 0 Å². The summed E-state index contributed by atoms with van der Waals surface area (Å²) in [6.45, 7) is 0.794. The normalized spacial score (nSPS) is 15.2. The SMILES string of the molecule is CC(O)(CO)CNc1ccc(S(N)(=O)=O)cc1F. The predicted octanol–water partition coefficient (Wildman–Crippen LogP) is -0.372. The lowest BCUT2D eigenvalue weighted by Crippen LogP contribution is -2.37. The summed E-state index contributed by atoms with van der Waals surface area (Å²) in [7, 11) is -3.95. The van der Waals surface area contributed by atoms with Crippen LogP contribution >= 0.6 is 0 Å². The van der Waals surface area contributed by atoms with Crippen LogP contribution < -0.4 is 10.5 Å². The zero-order chi connectivity index (χ0) is 14.0. The molecule has 102 valence electrons. The summed E-state index contributed by atoms with van der Waals surface area (Å²) < 4.78 is 35.5. The van der Waals surface area contributed by atoms with Crippen LogP contribution in [0.15, 0.2) is 23.1 Å². The molecule has 0 fully saturated rings. The van der Waals surface area contributed by atoms with Crippen LogP contribution in [0.3, 0.4) is 0 Å². The van der Waals surface area contributed by atoms with Gasteiger partial charge in [0, 0.05) is 6.54 Å². The minimum absolute atomic E-state index is 0.0103. The van der Waals surface area contributed by atoms with Crippen molar-refractivity contribution in [3.63, 3.8) is 0 Å². The summed E-state index contributed by atoms with van der Waals surface area (Å²) in [5.41, 5.74) is -1.39. The van der Waals surface area contributed by atoms with E-state index >= 15 is 0 Å². The molecule has 1 aromatic carbocycles. The standard InChI is InChI=1S/C10H15FN2O4S/c1-10(15,6-14)5-13-9-3-2-7(4-8(9)11)18(12,16)17/h2-4,13-15H,5-6H2,1H3,(H2,12,16,17). The highest BCUT2D eigenvalue weighted by atomic mass is 32.2. The van der Waals surface area contributed by atoms with Crippen LogP contribution in [-0.4, -0.2) is 37.4 Å². The molecule has 18 heavy (non-hydrogen) atoms. The molecule has 0 saturated heterocycles. The van der Waals surface area contributed by atoms with Crippen molar-refractivity contribution in [2.45, 2.75) is 17.4 Å². The number of halogens is 1. The average Bonchev–Trinajstić information content (AvgIpc) is 2.26. The molecule has 1 rings (SSSR count). The molecule has 0 bridgehead atoms. The van der Waals surface area contributed by atoms with E-state index in [-0.39, 0.29) is 17.1 Å². The van der Waals surface area contributed by atoms with Gasteiger partial charge in [0.15, 0.2) is 0 Å². The fraction of sp³-hybridized carbons (Fsp3) is 0.400. The van der Waals surface area contributed by atoms with Crippen molar-refractivity contribution >= 4 is 15.7 Å². The van der Waals surface area contributed by atoms with E-state index in [4.69, 9.17) is 10.2 Å². The molecule has 6 nitrogen and oxygen atoms in total. The molecule has 5 N–H and O–H groups in total. The number of sulfonamides is 1. The Kier molecular flexibility index (Phi) is 4.28. The van der Waals surface area contributed by atoms with Crippen molar-refractivity contribution in [3.8, 4) is 0 Å². The lowest BCUT2D eigenvalue weighted by molar-refractivity contribution is 0.0132. The first-order valence-corrected chi connectivity index (χ1v) is 6.60. The number of aliphatic hydroxyl groups is 2. The number of rotatable bonds is 5. The number of benzene rings is 1. The van der Waals surface area contributed by atoms with Crippen LogP contribution in [0.1, 0.15) is 6.92 Å². The average molecular weight is 278 g/mol. The topological polar surface area (TPSA) is 113 Å². The van der Waals surface area contributed by atoms with Crippen molar-refractivity contribution in [3.05, 3.63) is 24.0 Å². The first-order chi connectivity index (χ1) is 8.15. The summed E-state index contributed by atoms with van der Waals surface area (Å²) in [4.78, 5) is -0.334. The van der Waals surface area contributed by atoms with Gasteiger partial charge in [-0.25, -0.2) is 17.9 Å². The van der Waals surface area contributed by atoms with E-state index in [1.165, 1.54) is 13.0 Å². The second-order valence-electron chi connectivity index (χ2n) is 4.20. The van der Waals surface area contributed by atoms with Crippen LogP contribution in [0.5, 0.6) is 0 Å². The summed E-state index contributed by atoms with van der Waals surface area (Å²) in [6, 6.07) is 3.13. The Morgan fingerprint density at radius 3 is 2.56 bits per heavy atom. The Hall–Kier alpha value is -1.22. The number of nitrogens with two attached hydrogens (primary N) is 1. The van der Waals surface area contributed by atoms with E-state index < -0.39 is 28.0 Å². The smallest absolute Gasteiger partial charge is 0.238 e. The van der Waals surface area contributed by atoms with Gasteiger partial charge in [-0.15, -0.1) is 0 Å². The number of hydrogen-bond donors (Lipinski definition) is 4. The predicted molar refractivity (Wildman–Crippen MR) is 64.0 cm³/mol. The highest BCUT2D eigenvalue weighted by Gasteiger charge is 2.19. The Balaban J connectivity index is 2.88. The quantitative estimate of drug-likeness (QED) is 0.587. The molecular formula is C10H15FN2O4S. The van der Waals surface area contributed by atoms with Gasteiger partial charge in [0.05, 0.1) is 17.2 Å². The van der Waals surface area contributed by atoms with Gasteiger partial charge in [-0.3, -0.25) is 0 Å². The first-order valence-electron chi connectivity index (χ1n) is 5.05. The van der Waals surface area contributed by atoms with Crippen molar-refractivity contribution < 1.29 is 23.0 Å². The number of anilines is 1. The van der Waals surface area contributed by atoms with E-state index in [9.17, 15) is 17.9 Å². The van der Waals surface area contributed by atoms with Crippen LogP contribution in [0.4, 0.5) is 10.1 Å². The van der Waals surface area contributed by atoms with Gasteiger partial charge < -0.3 is 15.5 Å². The maximum absolute atomic E-state index is 13.5. The molecule has 0 saturated carbocycles. The second kappa shape index (κ2) is 5.19. The number of aliphatic hydroxyl groups excluding tert-OH is 1. The third-order valence-corrected chi connectivity index (χ3v) is 3.18. The minimum Gasteiger partial charge on any atom is -0.393 e. The summed E-state index contributed by atoms with van der Waals surface area (Å²) in [6.07, 6.45) is 0. The molecule has 0 aliphatic heterocycles. The monoisotopic (exact) mass is 278 g/mol. The highest BCUT2D eigenvalue weighted by molar-refractivity contribution is 7.89. The fourth-order valence-corrected chi connectivity index (χ4v) is 1.68. The number of nitrogens with one attached hydrogen (secondary N) is 1. The molecule has 1 atom stereocenters. The summed E-state index contributed by atoms with van der Waals surface area (Å²) in [5.74, 6) is -0.810. The maximum atomic E-state index is 13.5. The molecule has 0 radical (unpaired) electrons. The molecule has 0 spiro atoms. The number of primary sulfonamides is 1. The van der Waals surface area contributed by atoms with Gasteiger partial charge in [-0.2, -0.15) is 0 Å². The molecule has 0 heterocycles. The molecule has 1 aromatic rings. The van der Waals surface area contributed by atoms with Crippen LogP contribution in [0, 0.1) is 5.82 Å². The van der Waals surface area contributed by atoms with Gasteiger partial charge in [0.2, 0.25) is 10.0 Å². The first kappa shape index (κ1) is 14.8. The van der Waals surface area contributed by atoms with Crippen LogP contribution in [0.2, 0.25) is 0 Å². The minimum atomic E-state index is -3.95. The highest BCUT2D eigenvalue weighted by Crippen LogP contribution is 2.18. The van der Waals surface area contributed by atoms with Crippen molar-refractivity contribution in [1.29, 1.82) is 0 Å². The van der Waals surface area contributed by atoms with Gasteiger partial charge in [0.25, 0.3) is 0 Å². The maximum Gasteiger partial charge on any atom is 0.238 e. The second-order valence-corrected chi connectivity index (χ2v) is 5.76. The molecule has 0 amide bonds. The lowest BCUT2D eigenvalue weighted by atomic mass is 10.1. The molecule has 0 aliphatic carbocycles. The number of hydrogen-bond acceptors (Lipinski definition) is 5. The third kappa shape index (κ3) is 3.91. The van der Waals surface area contributed by atoms with Gasteiger partial charge in [0.1, 0.15) is 11.4 Å². The van der Waals surface area contributed by atoms with Crippen LogP contribution in [0.25, 0.3) is 0 Å². The van der Waals surface area contributed by atoms with E-state index in [0.29, 0.717) is 0 Å². The van der Waals surface area contributed by atoms with E-state index in [2.05, 4.69) is 5.32 Å². The van der Waals surface area contributed by atoms with Crippen LogP contribution in [-0.2, 0) is 10.0 Å². The molecule has 0 aliphatic rings. The van der Waals surface area contributed by atoms with E-state index in [1.807, 2.05) is 0 Å². The van der Waals surface area contributed by atoms with Gasteiger partial charge in [-0.1, -0.05) is 0 Å². The van der Waals surface area contributed by atoms with E-state index in [1.54, 1.807) is 0 Å². The zero-order valence-electron chi connectivity index (χ0n) is 9.72. The Morgan fingerprint density at radius 2 is 2.11 bits per heavy atom. The Bertz CT molecular complexity index is 531.